The van der Waals surface area contributed by atoms with Crippen molar-refractivity contribution in [2.75, 3.05) is 0 Å². The first-order chi connectivity index (χ1) is 15.7. The maximum Gasteiger partial charge on any atom is 0.114 e. The second kappa shape index (κ2) is 8.50. The molecule has 0 bridgehead atoms. The fraction of sp³-hybridized carbons (Fsp3) is 0. The van der Waals surface area contributed by atoms with Gasteiger partial charge < -0.3 is 0 Å². The Morgan fingerprint density at radius 1 is 0.875 bits per heavy atom. The van der Waals surface area contributed by atoms with E-state index in [0.29, 0.717) is 10.6 Å². The quantitative estimate of drug-likeness (QED) is 0.294. The van der Waals surface area contributed by atoms with Crippen LogP contribution < -0.4 is 0 Å². The molecule has 1 heterocycles. The number of hydrogen-bond donors (Lipinski definition) is 0. The zero-order valence-electron chi connectivity index (χ0n) is 17.0. The van der Waals surface area contributed by atoms with E-state index in [0.717, 1.165) is 38.8 Å². The van der Waals surface area contributed by atoms with Gasteiger partial charge in [-0.05, 0) is 46.2 Å². The van der Waals surface area contributed by atoms with Crippen molar-refractivity contribution in [3.05, 3.63) is 113 Å². The van der Waals surface area contributed by atoms with E-state index in [1.54, 1.807) is 17.1 Å². The molecule has 5 heteroatoms. The summed E-state index contributed by atoms with van der Waals surface area (Å²) in [6.07, 6.45) is 5.63. The van der Waals surface area contributed by atoms with Crippen LogP contribution >= 0.6 is 11.6 Å². The van der Waals surface area contributed by atoms with Crippen LogP contribution in [0.15, 0.2) is 91.1 Å². The molecule has 0 atom stereocenters. The summed E-state index contributed by atoms with van der Waals surface area (Å²) in [5.41, 5.74) is 4.93. The molecule has 0 amide bonds. The predicted molar refractivity (Wildman–Crippen MR) is 129 cm³/mol. The lowest BCUT2D eigenvalue weighted by molar-refractivity contribution is 0.753. The Kier molecular flexibility index (Phi) is 5.25. The highest BCUT2D eigenvalue weighted by atomic mass is 35.5. The van der Waals surface area contributed by atoms with Crippen LogP contribution in [0.1, 0.15) is 16.7 Å². The summed E-state index contributed by atoms with van der Waals surface area (Å²) in [7, 11) is 0. The first-order valence-electron chi connectivity index (χ1n) is 10.1. The molecule has 5 rings (SSSR count). The first-order valence-corrected chi connectivity index (χ1v) is 10.5. The Bertz CT molecular complexity index is 1490. The highest BCUT2D eigenvalue weighted by Gasteiger charge is 2.10. The van der Waals surface area contributed by atoms with Gasteiger partial charge in [-0.1, -0.05) is 84.4 Å². The fourth-order valence-corrected chi connectivity index (χ4v) is 3.76. The van der Waals surface area contributed by atoms with Crippen molar-refractivity contribution in [2.24, 2.45) is 0 Å². The Balaban J connectivity index is 1.47. The molecule has 0 aliphatic rings. The second-order valence-corrected chi connectivity index (χ2v) is 7.75. The monoisotopic (exact) mass is 432 g/mol. The van der Waals surface area contributed by atoms with Crippen LogP contribution in [0.4, 0.5) is 0 Å². The zero-order valence-corrected chi connectivity index (χ0v) is 17.7. The first kappa shape index (κ1) is 19.7. The van der Waals surface area contributed by atoms with Gasteiger partial charge in [0, 0.05) is 10.6 Å². The number of nitriles is 1. The van der Waals surface area contributed by atoms with Gasteiger partial charge in [0.05, 0.1) is 23.5 Å². The molecule has 0 aliphatic carbocycles. The van der Waals surface area contributed by atoms with Crippen molar-refractivity contribution in [1.29, 1.82) is 5.26 Å². The van der Waals surface area contributed by atoms with Crippen molar-refractivity contribution in [2.45, 2.75) is 0 Å². The van der Waals surface area contributed by atoms with Crippen LogP contribution in [0.3, 0.4) is 0 Å². The predicted octanol–water partition coefficient (Wildman–Crippen LogP) is 6.78. The molecule has 32 heavy (non-hydrogen) atoms. The fourth-order valence-electron chi connectivity index (χ4n) is 3.63. The Labute approximate surface area is 190 Å². The average molecular weight is 433 g/mol. The Morgan fingerprint density at radius 2 is 1.69 bits per heavy atom. The molecular weight excluding hydrogens is 416 g/mol. The Morgan fingerprint density at radius 3 is 2.53 bits per heavy atom. The summed E-state index contributed by atoms with van der Waals surface area (Å²) >= 11 is 5.94. The van der Waals surface area contributed by atoms with Crippen molar-refractivity contribution < 1.29 is 0 Å². The molecule has 0 saturated heterocycles. The van der Waals surface area contributed by atoms with Crippen molar-refractivity contribution in [3.8, 4) is 23.0 Å². The molecule has 0 saturated carbocycles. The SMILES string of the molecule is N#Cc1cc(-n2ncc(-c3cccc4ccccc34)n2)ccc1C=Cc1ccc(Cl)cc1. The maximum absolute atomic E-state index is 9.67. The van der Waals surface area contributed by atoms with E-state index in [1.165, 1.54) is 0 Å². The number of halogens is 1. The molecule has 0 radical (unpaired) electrons. The van der Waals surface area contributed by atoms with E-state index < -0.39 is 0 Å². The largest absolute Gasteiger partial charge is 0.192 e. The number of nitrogens with zero attached hydrogens (tertiary/aromatic N) is 4. The minimum absolute atomic E-state index is 0.553. The van der Waals surface area contributed by atoms with Crippen LogP contribution in [0.25, 0.3) is 39.9 Å². The minimum atomic E-state index is 0.553. The molecule has 0 unspecified atom stereocenters. The van der Waals surface area contributed by atoms with E-state index in [4.69, 9.17) is 11.6 Å². The normalized spacial score (nSPS) is 11.1. The van der Waals surface area contributed by atoms with Crippen molar-refractivity contribution >= 4 is 34.5 Å². The summed E-state index contributed by atoms with van der Waals surface area (Å²) in [4.78, 5) is 1.56. The van der Waals surface area contributed by atoms with Crippen molar-refractivity contribution in [3.63, 3.8) is 0 Å². The van der Waals surface area contributed by atoms with Crippen LogP contribution in [-0.4, -0.2) is 15.0 Å². The molecule has 0 N–H and O–H groups in total. The highest BCUT2D eigenvalue weighted by molar-refractivity contribution is 6.30. The standard InChI is InChI=1S/C27H17ClN4/c28-23-13-9-19(10-14-23)8-11-20-12-15-24(16-22(20)17-29)32-30-18-27(31-32)26-7-3-5-21-4-1-2-6-25(21)26/h1-16,18H. The highest BCUT2D eigenvalue weighted by Crippen LogP contribution is 2.27. The third-order valence-corrected chi connectivity index (χ3v) is 5.52. The van der Waals surface area contributed by atoms with Gasteiger partial charge in [0.2, 0.25) is 0 Å². The van der Waals surface area contributed by atoms with E-state index in [2.05, 4.69) is 34.5 Å². The van der Waals surface area contributed by atoms with Gasteiger partial charge >= 0.3 is 0 Å². The summed E-state index contributed by atoms with van der Waals surface area (Å²) in [5, 5.41) is 21.8. The van der Waals surface area contributed by atoms with Crippen LogP contribution in [-0.2, 0) is 0 Å². The summed E-state index contributed by atoms with van der Waals surface area (Å²) < 4.78 is 0. The summed E-state index contributed by atoms with van der Waals surface area (Å²) in [6, 6.07) is 29.8. The topological polar surface area (TPSA) is 54.5 Å². The van der Waals surface area contributed by atoms with Gasteiger partial charge in [0.1, 0.15) is 5.69 Å². The average Bonchev–Trinajstić information content (AvgIpc) is 3.33. The second-order valence-electron chi connectivity index (χ2n) is 7.31. The van der Waals surface area contributed by atoms with Crippen LogP contribution in [0.5, 0.6) is 0 Å². The van der Waals surface area contributed by atoms with E-state index in [9.17, 15) is 5.26 Å². The molecule has 5 aromatic rings. The van der Waals surface area contributed by atoms with Crippen LogP contribution in [0, 0.1) is 11.3 Å². The molecule has 152 valence electrons. The minimum Gasteiger partial charge on any atom is -0.192 e. The maximum atomic E-state index is 9.67. The van der Waals surface area contributed by atoms with Gasteiger partial charge in [-0.3, -0.25) is 0 Å². The zero-order chi connectivity index (χ0) is 21.9. The third kappa shape index (κ3) is 3.90. The van der Waals surface area contributed by atoms with Crippen LogP contribution in [0.2, 0.25) is 5.02 Å². The molecule has 1 aromatic heterocycles. The van der Waals surface area contributed by atoms with Gasteiger partial charge in [-0.25, -0.2) is 0 Å². The molecule has 0 aliphatic heterocycles. The van der Waals surface area contributed by atoms with Crippen molar-refractivity contribution in [1.82, 2.24) is 15.0 Å². The molecule has 4 aromatic carbocycles. The molecular formula is C27H17ClN4. The lowest BCUT2D eigenvalue weighted by Crippen LogP contribution is -2.00. The number of aromatic nitrogens is 3. The number of rotatable bonds is 4. The molecule has 4 nitrogen and oxygen atoms in total. The van der Waals surface area contributed by atoms with Gasteiger partial charge in [-0.15, -0.1) is 5.10 Å². The lowest BCUT2D eigenvalue weighted by Gasteiger charge is -2.04. The van der Waals surface area contributed by atoms with Gasteiger partial charge in [0.15, 0.2) is 0 Å². The lowest BCUT2D eigenvalue weighted by atomic mass is 10.0. The number of benzene rings is 4. The van der Waals surface area contributed by atoms with E-state index >= 15 is 0 Å². The summed E-state index contributed by atoms with van der Waals surface area (Å²) in [5.74, 6) is 0. The van der Waals surface area contributed by atoms with E-state index in [1.807, 2.05) is 72.8 Å². The Hall–Kier alpha value is -4.20. The van der Waals surface area contributed by atoms with E-state index in [-0.39, 0.29) is 0 Å². The smallest absolute Gasteiger partial charge is 0.114 e. The number of hydrogen-bond acceptors (Lipinski definition) is 3. The molecule has 0 fully saturated rings. The molecule has 0 spiro atoms. The number of fused-ring (bicyclic) bond motifs is 1. The third-order valence-electron chi connectivity index (χ3n) is 5.27. The van der Waals surface area contributed by atoms with Gasteiger partial charge in [-0.2, -0.15) is 15.2 Å². The summed E-state index contributed by atoms with van der Waals surface area (Å²) in [6.45, 7) is 0. The van der Waals surface area contributed by atoms with Gasteiger partial charge in [0.25, 0.3) is 0 Å².